The van der Waals surface area contributed by atoms with E-state index in [0.29, 0.717) is 13.0 Å². The van der Waals surface area contributed by atoms with E-state index in [1.165, 1.54) is 10.4 Å². The molecule has 0 spiro atoms. The number of aliphatic hydroxyl groups is 1. The second kappa shape index (κ2) is 10.8. The standard InChI is InChI=1S/C27H44O3Si2/c1-26(2,3)31(7,8)29-22-23(16-15-21-28)30-32(27(4,5)6,24-17-11-9-12-18-24)25-19-13-10-14-20-25/h9-14,17-20,23,28H,15-16,21-22H2,1-8H3. The van der Waals surface area contributed by atoms with E-state index in [0.717, 1.165) is 6.42 Å². The number of benzene rings is 2. The monoisotopic (exact) mass is 472 g/mol. The molecule has 3 nitrogen and oxygen atoms in total. The zero-order valence-electron chi connectivity index (χ0n) is 21.4. The molecule has 0 aliphatic heterocycles. The van der Waals surface area contributed by atoms with E-state index in [2.05, 4.69) is 115 Å². The normalized spacial score (nSPS) is 14.4. The van der Waals surface area contributed by atoms with Crippen molar-refractivity contribution in [2.75, 3.05) is 13.2 Å². The number of aliphatic hydroxyl groups excluding tert-OH is 1. The first-order valence-electron chi connectivity index (χ1n) is 11.9. The van der Waals surface area contributed by atoms with Gasteiger partial charge >= 0.3 is 0 Å². The lowest BCUT2D eigenvalue weighted by molar-refractivity contribution is 0.0972. The highest BCUT2D eigenvalue weighted by atomic mass is 28.4. The van der Waals surface area contributed by atoms with Gasteiger partial charge < -0.3 is 14.0 Å². The van der Waals surface area contributed by atoms with Crippen LogP contribution in [0.2, 0.25) is 23.2 Å². The summed E-state index contributed by atoms with van der Waals surface area (Å²) in [5.74, 6) is 0. The quantitative estimate of drug-likeness (QED) is 0.449. The fourth-order valence-corrected chi connectivity index (χ4v) is 9.69. The van der Waals surface area contributed by atoms with E-state index < -0.39 is 16.6 Å². The lowest BCUT2D eigenvalue weighted by atomic mass is 10.2. The highest BCUT2D eigenvalue weighted by Gasteiger charge is 2.51. The van der Waals surface area contributed by atoms with Crippen LogP contribution in [0.4, 0.5) is 0 Å². The minimum absolute atomic E-state index is 0.0671. The van der Waals surface area contributed by atoms with Crippen LogP contribution in [0.25, 0.3) is 0 Å². The van der Waals surface area contributed by atoms with Crippen LogP contribution in [0, 0.1) is 0 Å². The van der Waals surface area contributed by atoms with Gasteiger partial charge in [0.15, 0.2) is 8.32 Å². The van der Waals surface area contributed by atoms with Gasteiger partial charge in [-0.25, -0.2) is 0 Å². The Morgan fingerprint density at radius 3 is 1.62 bits per heavy atom. The van der Waals surface area contributed by atoms with E-state index in [1.54, 1.807) is 0 Å². The summed E-state index contributed by atoms with van der Waals surface area (Å²) in [6.45, 7) is 19.0. The summed E-state index contributed by atoms with van der Waals surface area (Å²) in [6.07, 6.45) is 1.43. The Balaban J connectivity index is 2.53. The molecule has 0 saturated heterocycles. The van der Waals surface area contributed by atoms with Crippen molar-refractivity contribution in [1.29, 1.82) is 0 Å². The Bertz CT molecular complexity index is 769. The van der Waals surface area contributed by atoms with Crippen LogP contribution in [-0.4, -0.2) is 41.1 Å². The van der Waals surface area contributed by atoms with Crippen molar-refractivity contribution < 1.29 is 14.0 Å². The van der Waals surface area contributed by atoms with Crippen molar-refractivity contribution in [1.82, 2.24) is 0 Å². The van der Waals surface area contributed by atoms with Crippen molar-refractivity contribution in [3.05, 3.63) is 60.7 Å². The number of hydrogen-bond acceptors (Lipinski definition) is 3. The average molecular weight is 473 g/mol. The second-order valence-electron chi connectivity index (χ2n) is 11.3. The zero-order chi connectivity index (χ0) is 24.0. The molecular weight excluding hydrogens is 428 g/mol. The summed E-state index contributed by atoms with van der Waals surface area (Å²) in [5, 5.41) is 12.2. The van der Waals surface area contributed by atoms with Crippen molar-refractivity contribution in [2.45, 2.75) is 83.7 Å². The van der Waals surface area contributed by atoms with Crippen LogP contribution in [0.15, 0.2) is 60.7 Å². The van der Waals surface area contributed by atoms with Gasteiger partial charge in [-0.05, 0) is 46.4 Å². The van der Waals surface area contributed by atoms with Crippen LogP contribution in [0.3, 0.4) is 0 Å². The molecule has 0 saturated carbocycles. The molecule has 0 aliphatic rings. The Labute approximate surface area is 198 Å². The van der Waals surface area contributed by atoms with Gasteiger partial charge in [-0.2, -0.15) is 0 Å². The lowest BCUT2D eigenvalue weighted by Crippen LogP contribution is -2.68. The van der Waals surface area contributed by atoms with Gasteiger partial charge in [0.05, 0.1) is 12.7 Å². The van der Waals surface area contributed by atoms with E-state index in [9.17, 15) is 5.11 Å². The summed E-state index contributed by atoms with van der Waals surface area (Å²) in [4.78, 5) is 0. The van der Waals surface area contributed by atoms with Gasteiger partial charge in [-0.3, -0.25) is 0 Å². The second-order valence-corrected chi connectivity index (χ2v) is 20.4. The molecule has 0 heterocycles. The summed E-state index contributed by atoms with van der Waals surface area (Å²) in [6, 6.07) is 21.5. The molecule has 0 radical (unpaired) electrons. The molecule has 1 N–H and O–H groups in total. The predicted molar refractivity (Wildman–Crippen MR) is 142 cm³/mol. The van der Waals surface area contributed by atoms with Crippen molar-refractivity contribution in [2.24, 2.45) is 0 Å². The molecule has 178 valence electrons. The Kier molecular flexibility index (Phi) is 9.10. The van der Waals surface area contributed by atoms with Gasteiger partial charge in [0.25, 0.3) is 8.32 Å². The number of hydrogen-bond donors (Lipinski definition) is 1. The van der Waals surface area contributed by atoms with Crippen LogP contribution < -0.4 is 10.4 Å². The summed E-state index contributed by atoms with van der Waals surface area (Å²) < 4.78 is 13.9. The lowest BCUT2D eigenvalue weighted by Gasteiger charge is -2.46. The van der Waals surface area contributed by atoms with Crippen LogP contribution >= 0.6 is 0 Å². The molecule has 0 aliphatic carbocycles. The maximum atomic E-state index is 9.59. The Hall–Kier alpha value is -1.25. The maximum Gasteiger partial charge on any atom is 0.261 e. The molecule has 5 heteroatoms. The molecule has 2 aromatic carbocycles. The molecule has 0 fully saturated rings. The predicted octanol–water partition coefficient (Wildman–Crippen LogP) is 5.73. The first kappa shape index (κ1) is 27.0. The molecule has 2 aromatic rings. The fourth-order valence-electron chi connectivity index (χ4n) is 3.95. The molecule has 1 unspecified atom stereocenters. The molecule has 1 atom stereocenters. The molecule has 2 rings (SSSR count). The van der Waals surface area contributed by atoms with E-state index in [1.807, 2.05) is 0 Å². The topological polar surface area (TPSA) is 38.7 Å². The van der Waals surface area contributed by atoms with Crippen LogP contribution in [0.5, 0.6) is 0 Å². The fraction of sp³-hybridized carbons (Fsp3) is 0.556. The molecule has 0 amide bonds. The SMILES string of the molecule is CC(C)(C)[Si](C)(C)OCC(CCCO)O[Si](c1ccccc1)(c1ccccc1)C(C)(C)C. The van der Waals surface area contributed by atoms with E-state index >= 15 is 0 Å². The molecular formula is C27H44O3Si2. The van der Waals surface area contributed by atoms with Gasteiger partial charge in [-0.1, -0.05) is 102 Å². The van der Waals surface area contributed by atoms with Crippen molar-refractivity contribution in [3.8, 4) is 0 Å². The summed E-state index contributed by atoms with van der Waals surface area (Å²) in [5.41, 5.74) is 0. The minimum Gasteiger partial charge on any atom is -0.414 e. The molecule has 0 aromatic heterocycles. The van der Waals surface area contributed by atoms with Gasteiger partial charge in [0.2, 0.25) is 0 Å². The highest BCUT2D eigenvalue weighted by molar-refractivity contribution is 6.99. The van der Waals surface area contributed by atoms with Crippen LogP contribution in [-0.2, 0) is 8.85 Å². The van der Waals surface area contributed by atoms with E-state index in [-0.39, 0.29) is 22.8 Å². The Morgan fingerprint density at radius 1 is 0.781 bits per heavy atom. The molecule has 32 heavy (non-hydrogen) atoms. The maximum absolute atomic E-state index is 9.59. The first-order valence-corrected chi connectivity index (χ1v) is 16.7. The van der Waals surface area contributed by atoms with E-state index in [4.69, 9.17) is 8.85 Å². The van der Waals surface area contributed by atoms with Gasteiger partial charge in [0.1, 0.15) is 0 Å². The van der Waals surface area contributed by atoms with Crippen molar-refractivity contribution >= 4 is 27.0 Å². The smallest absolute Gasteiger partial charge is 0.261 e. The highest BCUT2D eigenvalue weighted by Crippen LogP contribution is 2.39. The summed E-state index contributed by atoms with van der Waals surface area (Å²) in [7, 11) is -4.56. The average Bonchev–Trinajstić information content (AvgIpc) is 2.73. The van der Waals surface area contributed by atoms with Crippen LogP contribution in [0.1, 0.15) is 54.4 Å². The number of rotatable bonds is 10. The summed E-state index contributed by atoms with van der Waals surface area (Å²) >= 11 is 0. The third-order valence-corrected chi connectivity index (χ3v) is 16.5. The van der Waals surface area contributed by atoms with Gasteiger partial charge in [-0.15, -0.1) is 0 Å². The zero-order valence-corrected chi connectivity index (χ0v) is 23.4. The Morgan fingerprint density at radius 2 is 1.25 bits per heavy atom. The molecule has 0 bridgehead atoms. The largest absolute Gasteiger partial charge is 0.414 e. The third kappa shape index (κ3) is 6.20. The van der Waals surface area contributed by atoms with Gasteiger partial charge in [0, 0.05) is 6.61 Å². The van der Waals surface area contributed by atoms with Crippen molar-refractivity contribution in [3.63, 3.8) is 0 Å². The first-order chi connectivity index (χ1) is 14.8. The third-order valence-electron chi connectivity index (χ3n) is 6.88. The minimum atomic E-state index is -2.65.